The number of nitrogens with one attached hydrogen (secondary N) is 2. The van der Waals surface area contributed by atoms with Crippen molar-refractivity contribution in [3.63, 3.8) is 0 Å². The predicted molar refractivity (Wildman–Crippen MR) is 81.5 cm³/mol. The van der Waals surface area contributed by atoms with Crippen LogP contribution in [0.2, 0.25) is 0 Å². The second-order valence-corrected chi connectivity index (χ2v) is 6.92. The third-order valence-corrected chi connectivity index (χ3v) is 5.27. The zero-order valence-corrected chi connectivity index (χ0v) is 13.0. The van der Waals surface area contributed by atoms with Crippen LogP contribution < -0.4 is 15.5 Å². The number of urea groups is 1. The third kappa shape index (κ3) is 1.96. The molecule has 4 heterocycles. The molecule has 3 fully saturated rings. The highest BCUT2D eigenvalue weighted by Crippen LogP contribution is 2.65. The number of alkyl halides is 2. The van der Waals surface area contributed by atoms with Gasteiger partial charge in [-0.1, -0.05) is 0 Å². The second-order valence-electron chi connectivity index (χ2n) is 6.92. The summed E-state index contributed by atoms with van der Waals surface area (Å²) in [6.07, 6.45) is 3.14. The summed E-state index contributed by atoms with van der Waals surface area (Å²) in [7, 11) is 0. The fraction of sp³-hybridized carbons (Fsp3) is 0.467. The molecular formula is C15H14F2N6O2. The molecule has 1 saturated carbocycles. The van der Waals surface area contributed by atoms with Gasteiger partial charge in [-0.2, -0.15) is 5.10 Å². The molecule has 3 amide bonds. The predicted octanol–water partition coefficient (Wildman–Crippen LogP) is 0.498. The van der Waals surface area contributed by atoms with E-state index in [1.54, 1.807) is 18.5 Å². The monoisotopic (exact) mass is 348 g/mol. The first kappa shape index (κ1) is 14.6. The van der Waals surface area contributed by atoms with Crippen molar-refractivity contribution in [3.05, 3.63) is 24.2 Å². The largest absolute Gasteiger partial charge is 0.367 e. The van der Waals surface area contributed by atoms with Crippen molar-refractivity contribution >= 4 is 23.3 Å². The minimum atomic E-state index is -2.58. The number of imidazole rings is 1. The van der Waals surface area contributed by atoms with E-state index in [-0.39, 0.29) is 26.1 Å². The number of fused-ring (bicyclic) bond motifs is 1. The van der Waals surface area contributed by atoms with Gasteiger partial charge in [-0.15, -0.1) is 0 Å². The minimum absolute atomic E-state index is 0.0732. The Morgan fingerprint density at radius 1 is 1.28 bits per heavy atom. The Labute approximate surface area is 140 Å². The molecule has 1 spiro atoms. The van der Waals surface area contributed by atoms with Crippen molar-refractivity contribution < 1.29 is 18.4 Å². The average molecular weight is 348 g/mol. The minimum Gasteiger partial charge on any atom is -0.367 e. The first-order valence-electron chi connectivity index (χ1n) is 7.94. The lowest BCUT2D eigenvalue weighted by Crippen LogP contribution is -2.52. The Kier molecular flexibility index (Phi) is 2.58. The number of amides is 3. The highest BCUT2D eigenvalue weighted by molar-refractivity contribution is 6.00. The van der Waals surface area contributed by atoms with Gasteiger partial charge in [0, 0.05) is 38.4 Å². The van der Waals surface area contributed by atoms with Crippen molar-refractivity contribution in [1.29, 1.82) is 0 Å². The van der Waals surface area contributed by atoms with Crippen molar-refractivity contribution in [2.24, 2.45) is 5.41 Å². The zero-order chi connectivity index (χ0) is 17.4. The van der Waals surface area contributed by atoms with Gasteiger partial charge in [-0.3, -0.25) is 10.1 Å². The highest BCUT2D eigenvalue weighted by atomic mass is 19.3. The van der Waals surface area contributed by atoms with E-state index in [0.717, 1.165) is 0 Å². The van der Waals surface area contributed by atoms with Gasteiger partial charge in [0.15, 0.2) is 5.65 Å². The second kappa shape index (κ2) is 4.44. The molecule has 2 aromatic heterocycles. The fourth-order valence-corrected chi connectivity index (χ4v) is 3.67. The van der Waals surface area contributed by atoms with Crippen LogP contribution in [0.4, 0.5) is 19.3 Å². The first-order valence-corrected chi connectivity index (χ1v) is 7.94. The van der Waals surface area contributed by atoms with Crippen LogP contribution in [0.1, 0.15) is 18.0 Å². The van der Waals surface area contributed by atoms with Gasteiger partial charge >= 0.3 is 6.03 Å². The average Bonchev–Trinajstić information content (AvgIpc) is 2.88. The summed E-state index contributed by atoms with van der Waals surface area (Å²) in [6, 6.07) is 1.17. The SMILES string of the molecule is O=C1NCC(c2cc(N3CC4(C3)CC4(F)F)c3nccn3n2)C(=O)N1. The van der Waals surface area contributed by atoms with E-state index in [9.17, 15) is 18.4 Å². The molecule has 25 heavy (non-hydrogen) atoms. The molecule has 0 bridgehead atoms. The molecule has 2 aliphatic heterocycles. The van der Waals surface area contributed by atoms with Crippen molar-refractivity contribution in [3.8, 4) is 0 Å². The summed E-state index contributed by atoms with van der Waals surface area (Å²) in [5.74, 6) is -3.66. The maximum atomic E-state index is 13.5. The number of aromatic nitrogens is 3. The van der Waals surface area contributed by atoms with E-state index in [0.29, 0.717) is 17.0 Å². The molecule has 0 radical (unpaired) electrons. The van der Waals surface area contributed by atoms with Crippen molar-refractivity contribution in [1.82, 2.24) is 25.2 Å². The van der Waals surface area contributed by atoms with E-state index in [4.69, 9.17) is 0 Å². The van der Waals surface area contributed by atoms with Gasteiger partial charge in [0.05, 0.1) is 22.7 Å². The van der Waals surface area contributed by atoms with E-state index < -0.39 is 29.2 Å². The molecule has 2 N–H and O–H groups in total. The smallest absolute Gasteiger partial charge is 0.321 e. The molecule has 3 aliphatic rings. The maximum Gasteiger partial charge on any atom is 0.321 e. The van der Waals surface area contributed by atoms with Crippen molar-refractivity contribution in [2.75, 3.05) is 24.5 Å². The Hall–Kier alpha value is -2.78. The summed E-state index contributed by atoms with van der Waals surface area (Å²) >= 11 is 0. The number of nitrogens with zero attached hydrogens (tertiary/aromatic N) is 4. The molecular weight excluding hydrogens is 334 g/mol. The number of anilines is 1. The van der Waals surface area contributed by atoms with Gasteiger partial charge in [0.25, 0.3) is 5.92 Å². The van der Waals surface area contributed by atoms with Crippen molar-refractivity contribution in [2.45, 2.75) is 18.3 Å². The standard InChI is InChI=1S/C15H14F2N6O2/c16-15(17)5-14(15)6-22(7-14)10-3-9(21-23-2-1-18-11(10)23)8-4-19-13(25)20-12(8)24/h1-3,8H,4-7H2,(H2,19,20,24,25). The lowest BCUT2D eigenvalue weighted by Gasteiger charge is -2.41. The summed E-state index contributed by atoms with van der Waals surface area (Å²) in [4.78, 5) is 29.4. The van der Waals surface area contributed by atoms with Gasteiger partial charge in [-0.05, 0) is 6.07 Å². The van der Waals surface area contributed by atoms with E-state index >= 15 is 0 Å². The fourth-order valence-electron chi connectivity index (χ4n) is 3.67. The zero-order valence-electron chi connectivity index (χ0n) is 13.0. The van der Waals surface area contributed by atoms with Gasteiger partial charge in [0.2, 0.25) is 5.91 Å². The van der Waals surface area contributed by atoms with Crippen LogP contribution >= 0.6 is 0 Å². The molecule has 5 rings (SSSR count). The highest BCUT2D eigenvalue weighted by Gasteiger charge is 2.76. The Morgan fingerprint density at radius 3 is 2.72 bits per heavy atom. The van der Waals surface area contributed by atoms with Crippen LogP contribution in [0.3, 0.4) is 0 Å². The van der Waals surface area contributed by atoms with E-state index in [2.05, 4.69) is 20.7 Å². The quantitative estimate of drug-likeness (QED) is 0.825. The Balaban J connectivity index is 1.50. The molecule has 1 unspecified atom stereocenters. The molecule has 1 aliphatic carbocycles. The molecule has 2 saturated heterocycles. The number of imide groups is 1. The van der Waals surface area contributed by atoms with Crippen LogP contribution in [0.25, 0.3) is 5.65 Å². The van der Waals surface area contributed by atoms with Crippen LogP contribution in [0, 0.1) is 5.41 Å². The maximum absolute atomic E-state index is 13.5. The lowest BCUT2D eigenvalue weighted by atomic mass is 9.94. The number of rotatable bonds is 2. The Bertz CT molecular complexity index is 920. The summed E-state index contributed by atoms with van der Waals surface area (Å²) < 4.78 is 28.5. The van der Waals surface area contributed by atoms with Gasteiger partial charge in [0.1, 0.15) is 0 Å². The molecule has 2 aromatic rings. The van der Waals surface area contributed by atoms with Crippen LogP contribution in [-0.2, 0) is 4.79 Å². The summed E-state index contributed by atoms with van der Waals surface area (Å²) in [5, 5.41) is 9.16. The molecule has 10 heteroatoms. The molecule has 130 valence electrons. The normalized spacial score (nSPS) is 26.3. The number of halogens is 2. The van der Waals surface area contributed by atoms with Crippen LogP contribution in [0.5, 0.6) is 0 Å². The topological polar surface area (TPSA) is 91.6 Å². The third-order valence-electron chi connectivity index (χ3n) is 5.27. The summed E-state index contributed by atoms with van der Waals surface area (Å²) in [5.41, 5.74) is 0.785. The number of hydrogen-bond acceptors (Lipinski definition) is 5. The first-order chi connectivity index (χ1) is 11.9. The van der Waals surface area contributed by atoms with Crippen LogP contribution in [0.15, 0.2) is 18.5 Å². The Morgan fingerprint density at radius 2 is 2.04 bits per heavy atom. The summed E-state index contributed by atoms with van der Waals surface area (Å²) in [6.45, 7) is 0.665. The molecule has 8 nitrogen and oxygen atoms in total. The number of carbonyl (C=O) groups excluding carboxylic acids is 2. The number of hydrogen-bond donors (Lipinski definition) is 2. The van der Waals surface area contributed by atoms with E-state index in [1.165, 1.54) is 4.52 Å². The van der Waals surface area contributed by atoms with Gasteiger partial charge < -0.3 is 10.2 Å². The molecule has 0 aromatic carbocycles. The van der Waals surface area contributed by atoms with Crippen LogP contribution in [-0.4, -0.2) is 52.1 Å². The molecule has 1 atom stereocenters. The van der Waals surface area contributed by atoms with Gasteiger partial charge in [-0.25, -0.2) is 23.1 Å². The lowest BCUT2D eigenvalue weighted by molar-refractivity contribution is -0.122. The number of carbonyl (C=O) groups is 2. The van der Waals surface area contributed by atoms with E-state index in [1.807, 2.05) is 4.90 Å².